The predicted octanol–water partition coefficient (Wildman–Crippen LogP) is 2.42. The molecule has 4 rings (SSSR count). The van der Waals surface area contributed by atoms with Crippen LogP contribution in [0.15, 0.2) is 59.2 Å². The van der Waals surface area contributed by atoms with Crippen molar-refractivity contribution < 1.29 is 14.0 Å². The first kappa shape index (κ1) is 15.2. The van der Waals surface area contributed by atoms with Gasteiger partial charge < -0.3 is 4.42 Å². The lowest BCUT2D eigenvalue weighted by atomic mass is 10.2. The molecule has 0 unspecified atom stereocenters. The number of nitrogens with zero attached hydrogens (tertiary/aromatic N) is 2. The molecule has 1 fully saturated rings. The molecule has 2 aromatic heterocycles. The SMILES string of the molecule is O=C(NNC(=O)c1cc(C2CC2)nn1-c1ccccc1)c1ccco1. The fourth-order valence-electron chi connectivity index (χ4n) is 2.55. The molecule has 3 aromatic rings. The summed E-state index contributed by atoms with van der Waals surface area (Å²) in [4.78, 5) is 24.4. The molecule has 2 heterocycles. The van der Waals surface area contributed by atoms with Gasteiger partial charge in [-0.1, -0.05) is 18.2 Å². The van der Waals surface area contributed by atoms with Crippen molar-refractivity contribution in [1.29, 1.82) is 0 Å². The standard InChI is InChI=1S/C18H16N4O3/c23-17(19-20-18(24)16-7-4-10-25-16)15-11-14(12-8-9-12)21-22(15)13-5-2-1-3-6-13/h1-7,10-12H,8-9H2,(H,19,23)(H,20,24). The molecule has 2 amide bonds. The van der Waals surface area contributed by atoms with Crippen LogP contribution in [0.25, 0.3) is 5.69 Å². The van der Waals surface area contributed by atoms with Crippen LogP contribution in [0.3, 0.4) is 0 Å². The zero-order valence-electron chi connectivity index (χ0n) is 13.3. The summed E-state index contributed by atoms with van der Waals surface area (Å²) in [5.41, 5.74) is 6.81. The summed E-state index contributed by atoms with van der Waals surface area (Å²) in [6.07, 6.45) is 3.56. The molecule has 1 aromatic carbocycles. The van der Waals surface area contributed by atoms with Gasteiger partial charge >= 0.3 is 5.91 Å². The Morgan fingerprint density at radius 2 is 1.80 bits per heavy atom. The number of rotatable bonds is 4. The van der Waals surface area contributed by atoms with Gasteiger partial charge in [0.2, 0.25) is 0 Å². The fraction of sp³-hybridized carbons (Fsp3) is 0.167. The number of hydrogen-bond donors (Lipinski definition) is 2. The third-order valence-corrected chi connectivity index (χ3v) is 3.99. The lowest BCUT2D eigenvalue weighted by molar-refractivity contribution is 0.0827. The molecule has 0 atom stereocenters. The van der Waals surface area contributed by atoms with Crippen molar-refractivity contribution in [3.63, 3.8) is 0 Å². The maximum atomic E-state index is 12.6. The van der Waals surface area contributed by atoms with Crippen LogP contribution in [0.1, 0.15) is 45.5 Å². The molecule has 7 heteroatoms. The average molecular weight is 336 g/mol. The average Bonchev–Trinajstić information content (AvgIpc) is 3.17. The number of carbonyl (C=O) groups is 2. The second-order valence-corrected chi connectivity index (χ2v) is 5.86. The van der Waals surface area contributed by atoms with E-state index >= 15 is 0 Å². The largest absolute Gasteiger partial charge is 0.459 e. The van der Waals surface area contributed by atoms with Crippen LogP contribution in [0.2, 0.25) is 0 Å². The number of amides is 2. The van der Waals surface area contributed by atoms with Gasteiger partial charge in [0.1, 0.15) is 5.69 Å². The first-order chi connectivity index (χ1) is 12.2. The number of nitrogens with one attached hydrogen (secondary N) is 2. The van der Waals surface area contributed by atoms with Gasteiger partial charge in [-0.25, -0.2) is 4.68 Å². The van der Waals surface area contributed by atoms with Gasteiger partial charge in [-0.15, -0.1) is 0 Å². The highest BCUT2D eigenvalue weighted by Crippen LogP contribution is 2.39. The maximum Gasteiger partial charge on any atom is 0.305 e. The second-order valence-electron chi connectivity index (χ2n) is 5.86. The summed E-state index contributed by atoms with van der Waals surface area (Å²) in [6.45, 7) is 0. The molecule has 0 saturated heterocycles. The van der Waals surface area contributed by atoms with E-state index < -0.39 is 11.8 Å². The molecule has 2 N–H and O–H groups in total. The van der Waals surface area contributed by atoms with Crippen LogP contribution in [0, 0.1) is 0 Å². The van der Waals surface area contributed by atoms with Crippen LogP contribution < -0.4 is 10.9 Å². The van der Waals surface area contributed by atoms with Gasteiger partial charge in [0.05, 0.1) is 17.6 Å². The number of hydrogen-bond acceptors (Lipinski definition) is 4. The van der Waals surface area contributed by atoms with Gasteiger partial charge in [-0.05, 0) is 43.2 Å². The summed E-state index contributed by atoms with van der Waals surface area (Å²) in [6, 6.07) is 14.3. The molecule has 7 nitrogen and oxygen atoms in total. The first-order valence-corrected chi connectivity index (χ1v) is 8.02. The van der Waals surface area contributed by atoms with Gasteiger partial charge in [-0.3, -0.25) is 20.4 Å². The molecule has 1 saturated carbocycles. The number of aromatic nitrogens is 2. The van der Waals surface area contributed by atoms with Gasteiger partial charge in [-0.2, -0.15) is 5.10 Å². The van der Waals surface area contributed by atoms with Crippen LogP contribution in [0.5, 0.6) is 0 Å². The monoisotopic (exact) mass is 336 g/mol. The van der Waals surface area contributed by atoms with E-state index in [0.29, 0.717) is 11.6 Å². The molecule has 126 valence electrons. The number of carbonyl (C=O) groups excluding carboxylic acids is 2. The number of para-hydroxylation sites is 1. The van der Waals surface area contributed by atoms with E-state index in [1.54, 1.807) is 16.8 Å². The third kappa shape index (κ3) is 3.16. The lowest BCUT2D eigenvalue weighted by Gasteiger charge is -2.08. The van der Waals surface area contributed by atoms with E-state index in [4.69, 9.17) is 4.42 Å². The fourth-order valence-corrected chi connectivity index (χ4v) is 2.55. The zero-order valence-corrected chi connectivity index (χ0v) is 13.3. The van der Waals surface area contributed by atoms with Gasteiger partial charge in [0.25, 0.3) is 5.91 Å². The Morgan fingerprint density at radius 3 is 2.48 bits per heavy atom. The van der Waals surface area contributed by atoms with Crippen molar-refractivity contribution in [2.24, 2.45) is 0 Å². The Bertz CT molecular complexity index is 896. The summed E-state index contributed by atoms with van der Waals surface area (Å²) in [5, 5.41) is 4.57. The molecular weight excluding hydrogens is 320 g/mol. The normalized spacial score (nSPS) is 13.4. The van der Waals surface area contributed by atoms with E-state index in [2.05, 4.69) is 16.0 Å². The topological polar surface area (TPSA) is 89.2 Å². The van der Waals surface area contributed by atoms with Crippen molar-refractivity contribution in [3.8, 4) is 5.69 Å². The molecular formula is C18H16N4O3. The molecule has 1 aliphatic carbocycles. The molecule has 0 aliphatic heterocycles. The van der Waals surface area contributed by atoms with E-state index in [-0.39, 0.29) is 5.76 Å². The second kappa shape index (κ2) is 6.27. The van der Waals surface area contributed by atoms with Crippen LogP contribution in [-0.4, -0.2) is 21.6 Å². The number of furan rings is 1. The van der Waals surface area contributed by atoms with Crippen molar-refractivity contribution in [1.82, 2.24) is 20.6 Å². The minimum absolute atomic E-state index is 0.121. The minimum Gasteiger partial charge on any atom is -0.459 e. The first-order valence-electron chi connectivity index (χ1n) is 8.02. The Hall–Kier alpha value is -3.35. The molecule has 0 bridgehead atoms. The molecule has 0 spiro atoms. The Kier molecular flexibility index (Phi) is 3.81. The maximum absolute atomic E-state index is 12.6. The third-order valence-electron chi connectivity index (χ3n) is 3.99. The van der Waals surface area contributed by atoms with Gasteiger partial charge in [0, 0.05) is 5.92 Å². The van der Waals surface area contributed by atoms with Crippen LogP contribution in [0.4, 0.5) is 0 Å². The highest BCUT2D eigenvalue weighted by molar-refractivity contribution is 5.97. The Morgan fingerprint density at radius 1 is 1.04 bits per heavy atom. The van der Waals surface area contributed by atoms with Crippen LogP contribution in [-0.2, 0) is 0 Å². The van der Waals surface area contributed by atoms with E-state index in [1.165, 1.54) is 12.3 Å². The zero-order chi connectivity index (χ0) is 17.2. The molecule has 1 aliphatic rings. The van der Waals surface area contributed by atoms with Crippen molar-refractivity contribution >= 4 is 11.8 Å². The Labute approximate surface area is 143 Å². The Balaban J connectivity index is 1.56. The lowest BCUT2D eigenvalue weighted by Crippen LogP contribution is -2.42. The molecule has 0 radical (unpaired) electrons. The number of hydrazine groups is 1. The van der Waals surface area contributed by atoms with E-state index in [1.807, 2.05) is 30.3 Å². The summed E-state index contributed by atoms with van der Waals surface area (Å²) in [7, 11) is 0. The smallest absolute Gasteiger partial charge is 0.305 e. The molecule has 25 heavy (non-hydrogen) atoms. The van der Waals surface area contributed by atoms with Gasteiger partial charge in [0.15, 0.2) is 5.76 Å². The van der Waals surface area contributed by atoms with E-state index in [0.717, 1.165) is 24.2 Å². The van der Waals surface area contributed by atoms with E-state index in [9.17, 15) is 9.59 Å². The predicted molar refractivity (Wildman–Crippen MR) is 89.2 cm³/mol. The minimum atomic E-state index is -0.522. The van der Waals surface area contributed by atoms with Crippen LogP contribution >= 0.6 is 0 Å². The highest BCUT2D eigenvalue weighted by Gasteiger charge is 2.29. The quantitative estimate of drug-likeness (QED) is 0.716. The van der Waals surface area contributed by atoms with Crippen molar-refractivity contribution in [3.05, 3.63) is 71.9 Å². The summed E-state index contributed by atoms with van der Waals surface area (Å²) < 4.78 is 6.59. The summed E-state index contributed by atoms with van der Waals surface area (Å²) >= 11 is 0. The van der Waals surface area contributed by atoms with Crippen molar-refractivity contribution in [2.45, 2.75) is 18.8 Å². The summed E-state index contributed by atoms with van der Waals surface area (Å²) in [5.74, 6) is -0.431. The van der Waals surface area contributed by atoms with Crippen molar-refractivity contribution in [2.75, 3.05) is 0 Å². The number of benzene rings is 1. The highest BCUT2D eigenvalue weighted by atomic mass is 16.3.